The van der Waals surface area contributed by atoms with E-state index in [1.54, 1.807) is 6.92 Å². The standard InChI is InChI=1S/C10H16O.2C2H6/c1-5-6-8(2)7-9(3)10(4)11;2*1-2/h5-7,11H,1-4H3;2*1-2H3/b6-5+,8-7-,10-9+;;. The molecule has 0 saturated carbocycles. The van der Waals surface area contributed by atoms with Crippen molar-refractivity contribution in [2.45, 2.75) is 55.4 Å². The third kappa shape index (κ3) is 15.7. The van der Waals surface area contributed by atoms with Gasteiger partial charge in [-0.1, -0.05) is 51.5 Å². The van der Waals surface area contributed by atoms with Crippen molar-refractivity contribution in [2.75, 3.05) is 0 Å². The van der Waals surface area contributed by atoms with Crippen molar-refractivity contribution >= 4 is 0 Å². The first kappa shape index (κ1) is 19.6. The van der Waals surface area contributed by atoms with E-state index in [0.717, 1.165) is 11.1 Å². The predicted octanol–water partition coefficient (Wildman–Crippen LogP) is 5.41. The van der Waals surface area contributed by atoms with Crippen LogP contribution in [0.25, 0.3) is 0 Å². The zero-order chi connectivity index (χ0) is 12.9. The second-order valence-corrected chi connectivity index (χ2v) is 2.66. The summed E-state index contributed by atoms with van der Waals surface area (Å²) in [5, 5.41) is 9.05. The minimum atomic E-state index is 0.383. The molecule has 0 unspecified atom stereocenters. The van der Waals surface area contributed by atoms with Crippen molar-refractivity contribution in [3.63, 3.8) is 0 Å². The molecular weight excluding hydrogens is 184 g/mol. The average molecular weight is 212 g/mol. The molecule has 0 bridgehead atoms. The number of aliphatic hydroxyl groups is 1. The van der Waals surface area contributed by atoms with Crippen LogP contribution in [0.15, 0.2) is 35.1 Å². The molecule has 0 aliphatic heterocycles. The molecule has 90 valence electrons. The Kier molecular flexibility index (Phi) is 20.2. The largest absolute Gasteiger partial charge is 0.512 e. The van der Waals surface area contributed by atoms with Gasteiger partial charge in [0.25, 0.3) is 0 Å². The summed E-state index contributed by atoms with van der Waals surface area (Å²) in [4.78, 5) is 0. The number of hydrogen-bond acceptors (Lipinski definition) is 1. The summed E-state index contributed by atoms with van der Waals surface area (Å²) in [5.41, 5.74) is 2.07. The number of hydrogen-bond donors (Lipinski definition) is 1. The molecule has 0 aliphatic carbocycles. The fraction of sp³-hybridized carbons (Fsp3) is 0.571. The van der Waals surface area contributed by atoms with Crippen LogP contribution in [-0.4, -0.2) is 5.11 Å². The molecule has 0 saturated heterocycles. The van der Waals surface area contributed by atoms with Crippen LogP contribution in [0.4, 0.5) is 0 Å². The van der Waals surface area contributed by atoms with Crippen molar-refractivity contribution in [1.82, 2.24) is 0 Å². The van der Waals surface area contributed by atoms with E-state index in [2.05, 4.69) is 0 Å². The second-order valence-electron chi connectivity index (χ2n) is 2.66. The smallest absolute Gasteiger partial charge is 0.0920 e. The van der Waals surface area contributed by atoms with Crippen LogP contribution in [0, 0.1) is 0 Å². The fourth-order valence-electron chi connectivity index (χ4n) is 0.757. The Bertz CT molecular complexity index is 203. The Morgan fingerprint density at radius 3 is 1.60 bits per heavy atom. The van der Waals surface area contributed by atoms with Gasteiger partial charge in [0.05, 0.1) is 5.76 Å². The lowest BCUT2D eigenvalue weighted by atomic mass is 10.1. The zero-order valence-corrected chi connectivity index (χ0v) is 11.7. The molecule has 0 heterocycles. The van der Waals surface area contributed by atoms with E-state index in [1.807, 2.05) is 66.7 Å². The molecule has 0 fully saturated rings. The molecule has 0 atom stereocenters. The summed E-state index contributed by atoms with van der Waals surface area (Å²) in [5.74, 6) is 0.383. The van der Waals surface area contributed by atoms with Gasteiger partial charge in [0.2, 0.25) is 0 Å². The van der Waals surface area contributed by atoms with Crippen LogP contribution < -0.4 is 0 Å². The maximum Gasteiger partial charge on any atom is 0.0920 e. The summed E-state index contributed by atoms with van der Waals surface area (Å²) < 4.78 is 0. The van der Waals surface area contributed by atoms with Crippen LogP contribution in [0.5, 0.6) is 0 Å². The van der Waals surface area contributed by atoms with Crippen molar-refractivity contribution in [1.29, 1.82) is 0 Å². The van der Waals surface area contributed by atoms with Crippen molar-refractivity contribution in [2.24, 2.45) is 0 Å². The van der Waals surface area contributed by atoms with Gasteiger partial charge in [-0.05, 0) is 33.3 Å². The van der Waals surface area contributed by atoms with Crippen LogP contribution in [0.1, 0.15) is 55.4 Å². The van der Waals surface area contributed by atoms with Crippen molar-refractivity contribution < 1.29 is 5.11 Å². The lowest BCUT2D eigenvalue weighted by molar-refractivity contribution is 0.409. The first-order valence-corrected chi connectivity index (χ1v) is 5.75. The Labute approximate surface area is 96.2 Å². The van der Waals surface area contributed by atoms with Gasteiger partial charge < -0.3 is 5.11 Å². The van der Waals surface area contributed by atoms with Gasteiger partial charge >= 0.3 is 0 Å². The topological polar surface area (TPSA) is 20.2 Å². The minimum Gasteiger partial charge on any atom is -0.512 e. The normalized spacial score (nSPS) is 12.1. The van der Waals surface area contributed by atoms with E-state index in [-0.39, 0.29) is 0 Å². The summed E-state index contributed by atoms with van der Waals surface area (Å²) >= 11 is 0. The highest BCUT2D eigenvalue weighted by molar-refractivity contribution is 5.28. The first-order valence-electron chi connectivity index (χ1n) is 5.75. The molecule has 1 nitrogen and oxygen atoms in total. The maximum atomic E-state index is 9.05. The average Bonchev–Trinajstić information content (AvgIpc) is 2.24. The van der Waals surface area contributed by atoms with Gasteiger partial charge in [0.15, 0.2) is 0 Å². The van der Waals surface area contributed by atoms with E-state index < -0.39 is 0 Å². The molecule has 0 rings (SSSR count). The van der Waals surface area contributed by atoms with Gasteiger partial charge in [0.1, 0.15) is 0 Å². The second kappa shape index (κ2) is 15.5. The predicted molar refractivity (Wildman–Crippen MR) is 72.3 cm³/mol. The van der Waals surface area contributed by atoms with E-state index >= 15 is 0 Å². The van der Waals surface area contributed by atoms with Gasteiger partial charge in [-0.2, -0.15) is 0 Å². The van der Waals surface area contributed by atoms with E-state index in [9.17, 15) is 0 Å². The highest BCUT2D eigenvalue weighted by Crippen LogP contribution is 2.05. The Morgan fingerprint density at radius 2 is 1.33 bits per heavy atom. The minimum absolute atomic E-state index is 0.383. The molecule has 0 aromatic heterocycles. The van der Waals surface area contributed by atoms with E-state index in [0.29, 0.717) is 5.76 Å². The lowest BCUT2D eigenvalue weighted by Crippen LogP contribution is -1.79. The SMILES string of the molecule is C/C=C/C(C)=C\C(C)=C(/C)O.CC.CC. The Hall–Kier alpha value is -0.980. The molecule has 1 N–H and O–H groups in total. The highest BCUT2D eigenvalue weighted by atomic mass is 16.3. The summed E-state index contributed by atoms with van der Waals surface area (Å²) in [6.45, 7) is 15.6. The lowest BCUT2D eigenvalue weighted by Gasteiger charge is -1.95. The molecule has 0 radical (unpaired) electrons. The van der Waals surface area contributed by atoms with Gasteiger partial charge in [-0.3, -0.25) is 0 Å². The van der Waals surface area contributed by atoms with Crippen LogP contribution >= 0.6 is 0 Å². The summed E-state index contributed by atoms with van der Waals surface area (Å²) in [7, 11) is 0. The van der Waals surface area contributed by atoms with Gasteiger partial charge in [-0.15, -0.1) is 0 Å². The number of rotatable bonds is 2. The number of aliphatic hydroxyl groups excluding tert-OH is 1. The molecule has 0 aliphatic rings. The van der Waals surface area contributed by atoms with Crippen molar-refractivity contribution in [3.05, 3.63) is 35.1 Å². The highest BCUT2D eigenvalue weighted by Gasteiger charge is 1.88. The van der Waals surface area contributed by atoms with Crippen LogP contribution in [-0.2, 0) is 0 Å². The third-order valence-electron chi connectivity index (χ3n) is 1.44. The van der Waals surface area contributed by atoms with Gasteiger partial charge in [-0.25, -0.2) is 0 Å². The molecule has 0 aromatic rings. The van der Waals surface area contributed by atoms with Crippen molar-refractivity contribution in [3.8, 4) is 0 Å². The Morgan fingerprint density at radius 1 is 0.933 bits per heavy atom. The fourth-order valence-corrected chi connectivity index (χ4v) is 0.757. The molecule has 1 heteroatoms. The molecular formula is C14H28O. The summed E-state index contributed by atoms with van der Waals surface area (Å²) in [6, 6.07) is 0. The van der Waals surface area contributed by atoms with Crippen LogP contribution in [0.2, 0.25) is 0 Å². The van der Waals surface area contributed by atoms with E-state index in [1.165, 1.54) is 0 Å². The molecule has 0 spiro atoms. The number of allylic oxidation sites excluding steroid dienone is 6. The van der Waals surface area contributed by atoms with Crippen LogP contribution in [0.3, 0.4) is 0 Å². The first-order chi connectivity index (χ1) is 7.07. The molecule has 15 heavy (non-hydrogen) atoms. The molecule has 0 amide bonds. The van der Waals surface area contributed by atoms with Gasteiger partial charge in [0, 0.05) is 0 Å². The Balaban J connectivity index is -0.000000318. The quantitative estimate of drug-likeness (QED) is 0.479. The van der Waals surface area contributed by atoms with E-state index in [4.69, 9.17) is 5.11 Å². The molecule has 0 aromatic carbocycles. The summed E-state index contributed by atoms with van der Waals surface area (Å²) in [6.07, 6.45) is 5.94. The zero-order valence-electron chi connectivity index (χ0n) is 11.7. The monoisotopic (exact) mass is 212 g/mol. The maximum absolute atomic E-state index is 9.05. The third-order valence-corrected chi connectivity index (χ3v) is 1.44.